The van der Waals surface area contributed by atoms with Gasteiger partial charge in [0.05, 0.1) is 23.9 Å². The molecule has 4 N–H and O–H groups in total. The van der Waals surface area contributed by atoms with E-state index in [-0.39, 0.29) is 12.6 Å². The van der Waals surface area contributed by atoms with Crippen molar-refractivity contribution in [2.24, 2.45) is 0 Å². The van der Waals surface area contributed by atoms with Crippen molar-refractivity contribution in [2.75, 3.05) is 13.2 Å². The van der Waals surface area contributed by atoms with E-state index in [9.17, 15) is 9.59 Å². The van der Waals surface area contributed by atoms with Gasteiger partial charge >= 0.3 is 12.0 Å². The van der Waals surface area contributed by atoms with E-state index in [1.807, 2.05) is 38.1 Å². The van der Waals surface area contributed by atoms with Gasteiger partial charge in [-0.05, 0) is 38.8 Å². The molecule has 1 aliphatic heterocycles. The van der Waals surface area contributed by atoms with Crippen LogP contribution in [-0.4, -0.2) is 25.2 Å². The van der Waals surface area contributed by atoms with Crippen molar-refractivity contribution in [3.8, 4) is 0 Å². The smallest absolute Gasteiger partial charge is 0.338 e. The van der Waals surface area contributed by atoms with E-state index in [1.165, 1.54) is 11.1 Å². The van der Waals surface area contributed by atoms with E-state index >= 15 is 0 Å². The van der Waals surface area contributed by atoms with Crippen LogP contribution in [0.3, 0.4) is 0 Å². The summed E-state index contributed by atoms with van der Waals surface area (Å²) >= 11 is 0. The molecule has 2 amide bonds. The number of quaternary nitrogens is 1. The molecule has 0 aliphatic carbocycles. The van der Waals surface area contributed by atoms with Gasteiger partial charge in [-0.25, -0.2) is 9.59 Å². The van der Waals surface area contributed by atoms with Crippen molar-refractivity contribution >= 4 is 12.0 Å². The Kier molecular flexibility index (Phi) is 6.90. The maximum atomic E-state index is 12.9. The van der Waals surface area contributed by atoms with Gasteiger partial charge < -0.3 is 20.7 Å². The zero-order chi connectivity index (χ0) is 21.7. The summed E-state index contributed by atoms with van der Waals surface area (Å²) in [5.41, 5.74) is 6.44. The van der Waals surface area contributed by atoms with Gasteiger partial charge in [-0.15, -0.1) is 0 Å². The highest BCUT2D eigenvalue weighted by atomic mass is 16.5. The van der Waals surface area contributed by atoms with Crippen LogP contribution >= 0.6 is 0 Å². The van der Waals surface area contributed by atoms with Crippen molar-refractivity contribution in [1.29, 1.82) is 0 Å². The fourth-order valence-electron chi connectivity index (χ4n) is 3.76. The molecule has 0 saturated heterocycles. The molecule has 2 aromatic carbocycles. The van der Waals surface area contributed by atoms with Crippen LogP contribution in [-0.2, 0) is 16.1 Å². The fraction of sp³-hybridized carbons (Fsp3) is 0.333. The molecule has 6 heteroatoms. The predicted octanol–water partition coefficient (Wildman–Crippen LogP) is 2.55. The van der Waals surface area contributed by atoms with E-state index in [0.717, 1.165) is 23.2 Å². The molecular formula is C24H30N3O3+. The third kappa shape index (κ3) is 5.07. The highest BCUT2D eigenvalue weighted by Crippen LogP contribution is 2.30. The Labute approximate surface area is 177 Å². The maximum Gasteiger partial charge on any atom is 0.338 e. The second-order valence-corrected chi connectivity index (χ2v) is 7.69. The van der Waals surface area contributed by atoms with E-state index in [1.54, 1.807) is 6.92 Å². The zero-order valence-electron chi connectivity index (χ0n) is 18.0. The summed E-state index contributed by atoms with van der Waals surface area (Å²) in [4.78, 5) is 25.3. The van der Waals surface area contributed by atoms with Gasteiger partial charge in [0, 0.05) is 5.56 Å². The molecule has 6 nitrogen and oxygen atoms in total. The number of esters is 1. The van der Waals surface area contributed by atoms with E-state index in [2.05, 4.69) is 41.1 Å². The second kappa shape index (κ2) is 9.59. The molecule has 0 aromatic heterocycles. The number of carbonyl (C=O) groups is 2. The molecule has 3 rings (SSSR count). The first-order chi connectivity index (χ1) is 14.4. The number of hydrogen-bond acceptors (Lipinski definition) is 3. The topological polar surface area (TPSA) is 84.0 Å². The molecule has 158 valence electrons. The number of urea groups is 1. The number of rotatable bonds is 7. The number of nitrogens with two attached hydrogens (primary N) is 1. The van der Waals surface area contributed by atoms with Crippen molar-refractivity contribution in [3.63, 3.8) is 0 Å². The molecule has 0 bridgehead atoms. The van der Waals surface area contributed by atoms with Crippen LogP contribution in [0.25, 0.3) is 0 Å². The Hall–Kier alpha value is -3.12. The van der Waals surface area contributed by atoms with Crippen molar-refractivity contribution in [2.45, 2.75) is 40.3 Å². The Balaban J connectivity index is 1.92. The Morgan fingerprint density at radius 2 is 1.83 bits per heavy atom. The van der Waals surface area contributed by atoms with Gasteiger partial charge in [0.1, 0.15) is 13.1 Å². The Morgan fingerprint density at radius 1 is 1.07 bits per heavy atom. The van der Waals surface area contributed by atoms with E-state index < -0.39 is 12.0 Å². The SMILES string of the molecule is CCOC(=O)C1=C(C[NH2+]Cc2cccc(C)c2)NC(=O)N[C@H]1c1cc(C)ccc1C. The summed E-state index contributed by atoms with van der Waals surface area (Å²) < 4.78 is 5.35. The molecule has 2 aromatic rings. The van der Waals surface area contributed by atoms with Crippen molar-refractivity contribution in [3.05, 3.63) is 81.6 Å². The summed E-state index contributed by atoms with van der Waals surface area (Å²) in [6.07, 6.45) is 0. The summed E-state index contributed by atoms with van der Waals surface area (Å²) in [5.74, 6) is -0.408. The second-order valence-electron chi connectivity index (χ2n) is 7.69. The van der Waals surface area contributed by atoms with Gasteiger partial charge in [0.2, 0.25) is 0 Å². The average Bonchev–Trinajstić information content (AvgIpc) is 2.69. The van der Waals surface area contributed by atoms with Gasteiger partial charge in [-0.3, -0.25) is 0 Å². The molecule has 1 heterocycles. The molecule has 0 saturated carbocycles. The van der Waals surface area contributed by atoms with Crippen LogP contribution in [0.5, 0.6) is 0 Å². The number of hydrogen-bond donors (Lipinski definition) is 3. The molecule has 0 radical (unpaired) electrons. The zero-order valence-corrected chi connectivity index (χ0v) is 18.0. The summed E-state index contributed by atoms with van der Waals surface area (Å²) in [5, 5.41) is 7.83. The minimum absolute atomic E-state index is 0.274. The number of amides is 2. The van der Waals surface area contributed by atoms with Crippen molar-refractivity contribution < 1.29 is 19.6 Å². The van der Waals surface area contributed by atoms with Crippen LogP contribution in [0.2, 0.25) is 0 Å². The molecule has 0 spiro atoms. The van der Waals surface area contributed by atoms with Gasteiger partial charge in [0.25, 0.3) is 0 Å². The molecule has 0 fully saturated rings. The lowest BCUT2D eigenvalue weighted by Gasteiger charge is -2.30. The summed E-state index contributed by atoms with van der Waals surface area (Å²) in [6, 6.07) is 13.5. The minimum atomic E-state index is -0.542. The highest BCUT2D eigenvalue weighted by molar-refractivity contribution is 5.95. The van der Waals surface area contributed by atoms with E-state index in [4.69, 9.17) is 4.74 Å². The number of aryl methyl sites for hydroxylation is 3. The summed E-state index contributed by atoms with van der Waals surface area (Å²) in [7, 11) is 0. The van der Waals surface area contributed by atoms with Gasteiger partial charge in [-0.2, -0.15) is 0 Å². The molecule has 1 aliphatic rings. The number of ether oxygens (including phenoxy) is 1. The Morgan fingerprint density at radius 3 is 2.57 bits per heavy atom. The largest absolute Gasteiger partial charge is 0.463 e. The van der Waals surface area contributed by atoms with Crippen LogP contribution in [0.4, 0.5) is 4.79 Å². The average molecular weight is 409 g/mol. The number of benzene rings is 2. The first kappa shape index (κ1) is 21.6. The Bertz CT molecular complexity index is 981. The molecular weight excluding hydrogens is 378 g/mol. The maximum absolute atomic E-state index is 12.9. The third-order valence-electron chi connectivity index (χ3n) is 5.21. The predicted molar refractivity (Wildman–Crippen MR) is 116 cm³/mol. The lowest BCUT2D eigenvalue weighted by atomic mass is 9.91. The third-order valence-corrected chi connectivity index (χ3v) is 5.21. The van der Waals surface area contributed by atoms with Crippen LogP contribution < -0.4 is 16.0 Å². The minimum Gasteiger partial charge on any atom is -0.463 e. The van der Waals surface area contributed by atoms with Crippen LogP contribution in [0.15, 0.2) is 53.7 Å². The molecule has 30 heavy (non-hydrogen) atoms. The lowest BCUT2D eigenvalue weighted by Crippen LogP contribution is -2.84. The number of carbonyl (C=O) groups excluding carboxylic acids is 2. The first-order valence-corrected chi connectivity index (χ1v) is 10.3. The number of nitrogens with one attached hydrogen (secondary N) is 2. The first-order valence-electron chi connectivity index (χ1n) is 10.3. The highest BCUT2D eigenvalue weighted by Gasteiger charge is 2.35. The molecule has 0 unspecified atom stereocenters. The van der Waals surface area contributed by atoms with Gasteiger partial charge in [-0.1, -0.05) is 53.6 Å². The van der Waals surface area contributed by atoms with Crippen LogP contribution in [0.1, 0.15) is 40.8 Å². The normalized spacial score (nSPS) is 16.1. The fourth-order valence-corrected chi connectivity index (χ4v) is 3.76. The van der Waals surface area contributed by atoms with Gasteiger partial charge in [0.15, 0.2) is 0 Å². The van der Waals surface area contributed by atoms with Crippen LogP contribution in [0, 0.1) is 20.8 Å². The van der Waals surface area contributed by atoms with Crippen molar-refractivity contribution in [1.82, 2.24) is 10.6 Å². The summed E-state index contributed by atoms with van der Waals surface area (Å²) in [6.45, 7) is 9.31. The quantitative estimate of drug-likeness (QED) is 0.616. The van der Waals surface area contributed by atoms with E-state index in [0.29, 0.717) is 17.8 Å². The lowest BCUT2D eigenvalue weighted by molar-refractivity contribution is -0.664. The monoisotopic (exact) mass is 408 g/mol. The molecule has 1 atom stereocenters. The standard InChI is InChI=1S/C24H29N3O3/c1-5-30-23(28)21-20(14-25-13-18-8-6-7-15(2)11-18)26-24(29)27-22(21)19-12-16(3)9-10-17(19)4/h6-12,22,25H,5,13-14H2,1-4H3,(H2,26,27,29)/p+1/t22-/m0/s1.